The van der Waals surface area contributed by atoms with Crippen LogP contribution in [0.5, 0.6) is 0 Å². The minimum absolute atomic E-state index is 0.0527. The fourth-order valence-corrected chi connectivity index (χ4v) is 2.80. The fraction of sp³-hybridized carbons (Fsp3) is 0.125. The van der Waals surface area contributed by atoms with Crippen molar-refractivity contribution in [3.8, 4) is 0 Å². The number of carbonyl (C=O) groups is 1. The monoisotopic (exact) mass is 275 g/mol. The van der Waals surface area contributed by atoms with E-state index in [-0.39, 0.29) is 11.4 Å². The number of carbonyl (C=O) groups excluding carboxylic acids is 1. The Labute approximate surface area is 89.4 Å². The first-order valence-electron chi connectivity index (χ1n) is 3.83. The van der Waals surface area contributed by atoms with Crippen LogP contribution < -0.4 is 5.32 Å². The first kappa shape index (κ1) is 9.67. The molecule has 0 aliphatic carbocycles. The average molecular weight is 276 g/mol. The second-order valence-electron chi connectivity index (χ2n) is 2.87. The van der Waals surface area contributed by atoms with Gasteiger partial charge in [-0.05, 0) is 18.2 Å². The number of benzene rings is 1. The smallest absolute Gasteiger partial charge is 0.270 e. The van der Waals surface area contributed by atoms with Crippen molar-refractivity contribution in [2.24, 2.45) is 0 Å². The van der Waals surface area contributed by atoms with Crippen molar-refractivity contribution < 1.29 is 13.2 Å². The summed E-state index contributed by atoms with van der Waals surface area (Å²) >= 11 is 3.22. The zero-order chi connectivity index (χ0) is 10.3. The molecule has 1 aromatic rings. The average Bonchev–Trinajstić information content (AvgIpc) is 2.12. The SMILES string of the molecule is O=C1CNc2cc(Br)ccc2S1(=O)=O. The van der Waals surface area contributed by atoms with Gasteiger partial charge in [0.15, 0.2) is 0 Å². The number of hydrogen-bond acceptors (Lipinski definition) is 4. The first-order chi connectivity index (χ1) is 6.51. The van der Waals surface area contributed by atoms with Gasteiger partial charge in [-0.25, -0.2) is 8.42 Å². The zero-order valence-electron chi connectivity index (χ0n) is 6.95. The molecule has 14 heavy (non-hydrogen) atoms. The van der Waals surface area contributed by atoms with Crippen molar-refractivity contribution in [3.63, 3.8) is 0 Å². The van der Waals surface area contributed by atoms with Crippen LogP contribution in [0.2, 0.25) is 0 Å². The van der Waals surface area contributed by atoms with Gasteiger partial charge in [-0.15, -0.1) is 0 Å². The summed E-state index contributed by atoms with van der Waals surface area (Å²) in [7, 11) is -3.76. The lowest BCUT2D eigenvalue weighted by atomic mass is 10.3. The standard InChI is InChI=1S/C8H6BrNO3S/c9-5-1-2-7-6(3-5)10-4-8(11)14(7,12)13/h1-3,10H,4H2. The number of hydrogen-bond donors (Lipinski definition) is 1. The van der Waals surface area contributed by atoms with Gasteiger partial charge < -0.3 is 5.32 Å². The first-order valence-corrected chi connectivity index (χ1v) is 6.11. The summed E-state index contributed by atoms with van der Waals surface area (Å²) in [6.07, 6.45) is 0. The van der Waals surface area contributed by atoms with Gasteiger partial charge >= 0.3 is 0 Å². The van der Waals surface area contributed by atoms with Gasteiger partial charge in [0.25, 0.3) is 5.12 Å². The van der Waals surface area contributed by atoms with Crippen molar-refractivity contribution >= 4 is 36.6 Å². The quantitative estimate of drug-likeness (QED) is 0.772. The molecule has 4 nitrogen and oxygen atoms in total. The van der Waals surface area contributed by atoms with E-state index in [1.165, 1.54) is 6.07 Å². The minimum atomic E-state index is -3.76. The van der Waals surface area contributed by atoms with Crippen LogP contribution in [-0.2, 0) is 14.6 Å². The Balaban J connectivity index is 2.71. The molecule has 74 valence electrons. The van der Waals surface area contributed by atoms with E-state index in [2.05, 4.69) is 21.2 Å². The summed E-state index contributed by atoms with van der Waals surface area (Å²) in [5, 5.41) is 1.97. The molecule has 0 fully saturated rings. The summed E-state index contributed by atoms with van der Waals surface area (Å²) in [6, 6.07) is 4.65. The Morgan fingerprint density at radius 2 is 2.07 bits per heavy atom. The summed E-state index contributed by atoms with van der Waals surface area (Å²) in [5.41, 5.74) is 0.471. The molecular weight excluding hydrogens is 270 g/mol. The number of halogens is 1. The van der Waals surface area contributed by atoms with E-state index in [4.69, 9.17) is 0 Å². The van der Waals surface area contributed by atoms with Crippen LogP contribution in [0, 0.1) is 0 Å². The van der Waals surface area contributed by atoms with Gasteiger partial charge in [-0.2, -0.15) is 0 Å². The fourth-order valence-electron chi connectivity index (χ4n) is 1.26. The molecule has 0 saturated heterocycles. The van der Waals surface area contributed by atoms with E-state index in [0.717, 1.165) is 4.47 Å². The molecule has 1 aliphatic rings. The molecule has 0 aromatic heterocycles. The summed E-state index contributed by atoms with van der Waals surface area (Å²) in [6.45, 7) is -0.161. The van der Waals surface area contributed by atoms with Gasteiger partial charge in [0.05, 0.1) is 17.1 Å². The highest BCUT2D eigenvalue weighted by Gasteiger charge is 2.31. The van der Waals surface area contributed by atoms with Gasteiger partial charge in [0.2, 0.25) is 9.84 Å². The number of fused-ring (bicyclic) bond motifs is 1. The summed E-state index contributed by atoms with van der Waals surface area (Å²) in [5.74, 6) is 0. The Hall–Kier alpha value is -0.880. The Kier molecular flexibility index (Phi) is 2.11. The van der Waals surface area contributed by atoms with Crippen LogP contribution in [0.15, 0.2) is 27.6 Å². The molecule has 0 atom stereocenters. The Morgan fingerprint density at radius 1 is 1.36 bits per heavy atom. The number of sulfone groups is 1. The molecule has 0 unspecified atom stereocenters. The lowest BCUT2D eigenvalue weighted by Gasteiger charge is -2.16. The molecule has 2 rings (SSSR count). The van der Waals surface area contributed by atoms with Gasteiger partial charge in [0.1, 0.15) is 0 Å². The maximum absolute atomic E-state index is 11.5. The van der Waals surface area contributed by atoms with E-state index >= 15 is 0 Å². The maximum Gasteiger partial charge on any atom is 0.270 e. The molecule has 0 bridgehead atoms. The van der Waals surface area contributed by atoms with E-state index in [9.17, 15) is 13.2 Å². The predicted octanol–water partition coefficient (Wildman–Crippen LogP) is 1.17. The Morgan fingerprint density at radius 3 is 2.79 bits per heavy atom. The van der Waals surface area contributed by atoms with Gasteiger partial charge in [0, 0.05) is 4.47 Å². The molecule has 1 N–H and O–H groups in total. The topological polar surface area (TPSA) is 63.2 Å². The molecule has 6 heteroatoms. The normalized spacial score (nSPS) is 18.5. The molecule has 1 aliphatic heterocycles. The van der Waals surface area contributed by atoms with Crippen molar-refractivity contribution in [2.75, 3.05) is 11.9 Å². The van der Waals surface area contributed by atoms with Gasteiger partial charge in [-0.3, -0.25) is 4.79 Å². The predicted molar refractivity (Wildman–Crippen MR) is 54.8 cm³/mol. The molecular formula is C8H6BrNO3S. The van der Waals surface area contributed by atoms with E-state index in [1.807, 2.05) is 0 Å². The molecule has 0 radical (unpaired) electrons. The molecule has 1 heterocycles. The highest BCUT2D eigenvalue weighted by atomic mass is 79.9. The van der Waals surface area contributed by atoms with Gasteiger partial charge in [-0.1, -0.05) is 15.9 Å². The zero-order valence-corrected chi connectivity index (χ0v) is 9.35. The largest absolute Gasteiger partial charge is 0.376 e. The second kappa shape index (κ2) is 3.06. The highest BCUT2D eigenvalue weighted by Crippen LogP contribution is 2.29. The van der Waals surface area contributed by atoms with Crippen LogP contribution in [-0.4, -0.2) is 20.1 Å². The summed E-state index contributed by atoms with van der Waals surface area (Å²) < 4.78 is 23.8. The highest BCUT2D eigenvalue weighted by molar-refractivity contribution is 9.10. The molecule has 0 amide bonds. The van der Waals surface area contributed by atoms with E-state index in [1.54, 1.807) is 12.1 Å². The number of rotatable bonds is 0. The van der Waals surface area contributed by atoms with Crippen LogP contribution in [0.3, 0.4) is 0 Å². The van der Waals surface area contributed by atoms with Crippen LogP contribution in [0.1, 0.15) is 0 Å². The maximum atomic E-state index is 11.5. The molecule has 0 saturated carbocycles. The van der Waals surface area contributed by atoms with E-state index < -0.39 is 15.0 Å². The lowest BCUT2D eigenvalue weighted by molar-refractivity contribution is -0.110. The van der Waals surface area contributed by atoms with Crippen molar-refractivity contribution in [2.45, 2.75) is 4.90 Å². The summed E-state index contributed by atoms with van der Waals surface area (Å²) in [4.78, 5) is 11.2. The lowest BCUT2D eigenvalue weighted by Crippen LogP contribution is -2.29. The number of nitrogens with one attached hydrogen (secondary N) is 1. The molecule has 0 spiro atoms. The third-order valence-corrected chi connectivity index (χ3v) is 4.13. The third kappa shape index (κ3) is 1.34. The molecule has 1 aromatic carbocycles. The van der Waals surface area contributed by atoms with Crippen molar-refractivity contribution in [3.05, 3.63) is 22.7 Å². The van der Waals surface area contributed by atoms with Crippen LogP contribution >= 0.6 is 15.9 Å². The minimum Gasteiger partial charge on any atom is -0.376 e. The third-order valence-electron chi connectivity index (χ3n) is 1.95. The van der Waals surface area contributed by atoms with Crippen molar-refractivity contribution in [1.29, 1.82) is 0 Å². The van der Waals surface area contributed by atoms with Crippen molar-refractivity contribution in [1.82, 2.24) is 0 Å². The van der Waals surface area contributed by atoms with Crippen LogP contribution in [0.25, 0.3) is 0 Å². The second-order valence-corrected chi connectivity index (χ2v) is 5.69. The number of anilines is 1. The van der Waals surface area contributed by atoms with E-state index in [0.29, 0.717) is 5.69 Å². The Bertz CT molecular complexity index is 509. The van der Waals surface area contributed by atoms with Crippen LogP contribution in [0.4, 0.5) is 5.69 Å².